The zero-order valence-corrected chi connectivity index (χ0v) is 14.4. The van der Waals surface area contributed by atoms with Crippen molar-refractivity contribution in [2.45, 2.75) is 12.8 Å². The standard InChI is InChI=1S/C19H21NO3.ClH/c1-13(11-21)10-20-19(22)23-12-18-16-8-4-2-6-14(16)15-7-3-5-9-17(15)18;/h2-9,13,18,21H,10-12H2,1H3,(H,20,22);1H/t13-;/m0./s1. The first-order valence-corrected chi connectivity index (χ1v) is 7.90. The second kappa shape index (κ2) is 8.18. The minimum Gasteiger partial charge on any atom is -0.449 e. The third-order valence-corrected chi connectivity index (χ3v) is 4.25. The molecule has 5 heteroatoms. The molecule has 0 spiro atoms. The number of ether oxygens (including phenoxy) is 1. The van der Waals surface area contributed by atoms with Gasteiger partial charge in [0, 0.05) is 19.1 Å². The number of fused-ring (bicyclic) bond motifs is 3. The largest absolute Gasteiger partial charge is 0.449 e. The summed E-state index contributed by atoms with van der Waals surface area (Å²) in [7, 11) is 0. The number of carbonyl (C=O) groups is 1. The Hall–Kier alpha value is -2.04. The van der Waals surface area contributed by atoms with Gasteiger partial charge in [-0.2, -0.15) is 0 Å². The van der Waals surface area contributed by atoms with Crippen LogP contribution in [0.15, 0.2) is 48.5 Å². The van der Waals surface area contributed by atoms with E-state index in [9.17, 15) is 4.79 Å². The molecule has 2 aromatic rings. The molecule has 0 bridgehead atoms. The number of aliphatic hydroxyl groups excluding tert-OH is 1. The van der Waals surface area contributed by atoms with Gasteiger partial charge in [0.2, 0.25) is 0 Å². The number of nitrogens with one attached hydrogen (secondary N) is 1. The van der Waals surface area contributed by atoms with E-state index in [4.69, 9.17) is 9.84 Å². The molecule has 24 heavy (non-hydrogen) atoms. The SMILES string of the molecule is C[C@H](CO)CNC(=O)OCC1c2ccccc2-c2ccccc21.Cl. The fraction of sp³-hybridized carbons (Fsp3) is 0.316. The minimum absolute atomic E-state index is 0. The van der Waals surface area contributed by atoms with Gasteiger partial charge in [-0.05, 0) is 28.2 Å². The highest BCUT2D eigenvalue weighted by molar-refractivity contribution is 5.85. The van der Waals surface area contributed by atoms with Crippen molar-refractivity contribution in [3.63, 3.8) is 0 Å². The molecule has 1 atom stereocenters. The first-order valence-electron chi connectivity index (χ1n) is 7.90. The number of carbonyl (C=O) groups excluding carboxylic acids is 1. The summed E-state index contributed by atoms with van der Waals surface area (Å²) in [6.07, 6.45) is -0.438. The average Bonchev–Trinajstić information content (AvgIpc) is 2.92. The van der Waals surface area contributed by atoms with Gasteiger partial charge in [-0.25, -0.2) is 4.79 Å². The van der Waals surface area contributed by atoms with Gasteiger partial charge in [-0.3, -0.25) is 0 Å². The van der Waals surface area contributed by atoms with E-state index in [1.807, 2.05) is 31.2 Å². The molecule has 0 saturated carbocycles. The number of benzene rings is 2. The van der Waals surface area contributed by atoms with E-state index in [1.54, 1.807) is 0 Å². The van der Waals surface area contributed by atoms with E-state index in [1.165, 1.54) is 22.3 Å². The molecule has 1 amide bonds. The summed E-state index contributed by atoms with van der Waals surface area (Å²) in [5.74, 6) is 0.0962. The number of aliphatic hydroxyl groups is 1. The van der Waals surface area contributed by atoms with Crippen LogP contribution in [0.25, 0.3) is 11.1 Å². The van der Waals surface area contributed by atoms with Gasteiger partial charge >= 0.3 is 6.09 Å². The van der Waals surface area contributed by atoms with E-state index >= 15 is 0 Å². The normalized spacial score (nSPS) is 13.4. The maximum atomic E-state index is 11.8. The van der Waals surface area contributed by atoms with E-state index in [-0.39, 0.29) is 30.8 Å². The number of halogens is 1. The number of rotatable bonds is 5. The number of amides is 1. The molecule has 0 heterocycles. The van der Waals surface area contributed by atoms with Crippen molar-refractivity contribution < 1.29 is 14.6 Å². The summed E-state index contributed by atoms with van der Waals surface area (Å²) in [5, 5.41) is 11.7. The second-order valence-corrected chi connectivity index (χ2v) is 5.99. The number of alkyl carbamates (subject to hydrolysis) is 1. The number of hydrogen-bond acceptors (Lipinski definition) is 3. The van der Waals surface area contributed by atoms with Crippen LogP contribution in [0.3, 0.4) is 0 Å². The summed E-state index contributed by atoms with van der Waals surface area (Å²) >= 11 is 0. The topological polar surface area (TPSA) is 58.6 Å². The van der Waals surface area contributed by atoms with Gasteiger partial charge < -0.3 is 15.2 Å². The van der Waals surface area contributed by atoms with Gasteiger partial charge in [-0.1, -0.05) is 55.5 Å². The van der Waals surface area contributed by atoms with Crippen molar-refractivity contribution in [1.82, 2.24) is 5.32 Å². The fourth-order valence-corrected chi connectivity index (χ4v) is 2.97. The molecule has 128 valence electrons. The van der Waals surface area contributed by atoms with Crippen molar-refractivity contribution in [3.8, 4) is 11.1 Å². The lowest BCUT2D eigenvalue weighted by molar-refractivity contribution is 0.139. The van der Waals surface area contributed by atoms with Crippen LogP contribution in [0, 0.1) is 5.92 Å². The van der Waals surface area contributed by atoms with Crippen LogP contribution in [-0.4, -0.2) is 31.0 Å². The van der Waals surface area contributed by atoms with E-state index in [0.29, 0.717) is 13.2 Å². The van der Waals surface area contributed by atoms with Gasteiger partial charge in [0.25, 0.3) is 0 Å². The van der Waals surface area contributed by atoms with Crippen molar-refractivity contribution >= 4 is 18.5 Å². The van der Waals surface area contributed by atoms with Crippen molar-refractivity contribution in [3.05, 3.63) is 59.7 Å². The second-order valence-electron chi connectivity index (χ2n) is 5.99. The molecule has 0 radical (unpaired) electrons. The molecule has 0 aliphatic heterocycles. The summed E-state index contributed by atoms with van der Waals surface area (Å²) in [5.41, 5.74) is 4.83. The third kappa shape index (κ3) is 3.71. The van der Waals surface area contributed by atoms with E-state index in [2.05, 4.69) is 29.6 Å². The lowest BCUT2D eigenvalue weighted by Gasteiger charge is -2.15. The summed E-state index contributed by atoms with van der Waals surface area (Å²) in [4.78, 5) is 11.8. The molecule has 0 aromatic heterocycles. The average molecular weight is 348 g/mol. The van der Waals surface area contributed by atoms with Crippen LogP contribution >= 0.6 is 12.4 Å². The summed E-state index contributed by atoms with van der Waals surface area (Å²) < 4.78 is 5.40. The lowest BCUT2D eigenvalue weighted by atomic mass is 9.98. The maximum absolute atomic E-state index is 11.8. The highest BCUT2D eigenvalue weighted by Gasteiger charge is 2.28. The van der Waals surface area contributed by atoms with Crippen molar-refractivity contribution in [1.29, 1.82) is 0 Å². The summed E-state index contributed by atoms with van der Waals surface area (Å²) in [6, 6.07) is 16.5. The van der Waals surface area contributed by atoms with Crippen LogP contribution in [0.2, 0.25) is 0 Å². The monoisotopic (exact) mass is 347 g/mol. The molecule has 0 fully saturated rings. The zero-order chi connectivity index (χ0) is 16.2. The van der Waals surface area contributed by atoms with Crippen LogP contribution < -0.4 is 5.32 Å². The molecule has 0 saturated heterocycles. The molecule has 1 aliphatic carbocycles. The Morgan fingerprint density at radius 2 is 1.67 bits per heavy atom. The van der Waals surface area contributed by atoms with Crippen LogP contribution in [-0.2, 0) is 4.74 Å². The Balaban J connectivity index is 0.00000208. The smallest absolute Gasteiger partial charge is 0.407 e. The quantitative estimate of drug-likeness (QED) is 0.869. The Bertz CT molecular complexity index is 659. The Morgan fingerprint density at radius 3 is 2.21 bits per heavy atom. The van der Waals surface area contributed by atoms with E-state index in [0.717, 1.165) is 0 Å². The molecular formula is C19H22ClNO3. The van der Waals surface area contributed by atoms with Gasteiger partial charge in [0.1, 0.15) is 6.61 Å². The highest BCUT2D eigenvalue weighted by atomic mass is 35.5. The van der Waals surface area contributed by atoms with Crippen LogP contribution in [0.4, 0.5) is 4.79 Å². The number of hydrogen-bond donors (Lipinski definition) is 2. The fourth-order valence-electron chi connectivity index (χ4n) is 2.97. The van der Waals surface area contributed by atoms with Gasteiger partial charge in [0.05, 0.1) is 0 Å². The molecule has 1 aliphatic rings. The third-order valence-electron chi connectivity index (χ3n) is 4.25. The van der Waals surface area contributed by atoms with Gasteiger partial charge in [-0.15, -0.1) is 12.4 Å². The maximum Gasteiger partial charge on any atom is 0.407 e. The predicted octanol–water partition coefficient (Wildman–Crippen LogP) is 3.58. The van der Waals surface area contributed by atoms with Crippen molar-refractivity contribution in [2.24, 2.45) is 5.92 Å². The minimum atomic E-state index is -0.438. The Kier molecular flexibility index (Phi) is 6.23. The van der Waals surface area contributed by atoms with E-state index < -0.39 is 6.09 Å². The molecule has 0 unspecified atom stereocenters. The van der Waals surface area contributed by atoms with Crippen LogP contribution in [0.1, 0.15) is 24.0 Å². The molecule has 3 rings (SSSR count). The predicted molar refractivity (Wildman–Crippen MR) is 96.6 cm³/mol. The molecule has 2 N–H and O–H groups in total. The lowest BCUT2D eigenvalue weighted by Crippen LogP contribution is -2.31. The van der Waals surface area contributed by atoms with Crippen LogP contribution in [0.5, 0.6) is 0 Å². The van der Waals surface area contributed by atoms with Crippen molar-refractivity contribution in [2.75, 3.05) is 19.8 Å². The Morgan fingerprint density at radius 1 is 1.12 bits per heavy atom. The molecule has 4 nitrogen and oxygen atoms in total. The Labute approximate surface area is 148 Å². The highest BCUT2D eigenvalue weighted by Crippen LogP contribution is 2.44. The molecule has 2 aromatic carbocycles. The summed E-state index contributed by atoms with van der Waals surface area (Å²) in [6.45, 7) is 2.63. The molecular weight excluding hydrogens is 326 g/mol. The van der Waals surface area contributed by atoms with Gasteiger partial charge in [0.15, 0.2) is 0 Å². The first kappa shape index (κ1) is 18.3. The zero-order valence-electron chi connectivity index (χ0n) is 13.6. The first-order chi connectivity index (χ1) is 11.2.